The van der Waals surface area contributed by atoms with Gasteiger partial charge in [0.2, 0.25) is 23.1 Å². The second-order valence-electron chi connectivity index (χ2n) is 6.70. The summed E-state index contributed by atoms with van der Waals surface area (Å²) in [6.45, 7) is 2.54. The number of ketones is 4. The molecule has 5 nitrogen and oxygen atoms in total. The maximum Gasteiger partial charge on any atom is 0.214 e. The molecule has 0 spiro atoms. The van der Waals surface area contributed by atoms with Crippen molar-refractivity contribution in [2.45, 2.75) is 19.3 Å². The molecule has 29 heavy (non-hydrogen) atoms. The number of rotatable bonds is 6. The molecule has 0 amide bonds. The maximum atomic E-state index is 13.1. The van der Waals surface area contributed by atoms with Crippen LogP contribution in [-0.4, -0.2) is 29.7 Å². The third-order valence-corrected chi connectivity index (χ3v) is 4.59. The number of hydrogen-bond donors (Lipinski definition) is 0. The van der Waals surface area contributed by atoms with Crippen molar-refractivity contribution in [2.75, 3.05) is 6.61 Å². The van der Waals surface area contributed by atoms with Gasteiger partial charge in [-0.2, -0.15) is 0 Å². The molecule has 0 unspecified atom stereocenters. The van der Waals surface area contributed by atoms with Gasteiger partial charge < -0.3 is 4.74 Å². The Morgan fingerprint density at radius 1 is 0.931 bits per heavy atom. The summed E-state index contributed by atoms with van der Waals surface area (Å²) in [7, 11) is 0. The summed E-state index contributed by atoms with van der Waals surface area (Å²) in [5.74, 6) is -6.69. The zero-order valence-corrected chi connectivity index (χ0v) is 15.8. The van der Waals surface area contributed by atoms with E-state index in [9.17, 15) is 23.6 Å². The van der Waals surface area contributed by atoms with E-state index >= 15 is 0 Å². The van der Waals surface area contributed by atoms with Crippen LogP contribution in [0, 0.1) is 11.7 Å². The van der Waals surface area contributed by atoms with Crippen LogP contribution in [0.4, 0.5) is 4.39 Å². The minimum Gasteiger partial charge on any atom is -0.494 e. The minimum atomic E-state index is -1.51. The summed E-state index contributed by atoms with van der Waals surface area (Å²) >= 11 is 0. The Balaban J connectivity index is 1.82. The van der Waals surface area contributed by atoms with E-state index in [0.29, 0.717) is 17.9 Å². The Morgan fingerprint density at radius 3 is 2.21 bits per heavy atom. The standard InChI is InChI=1S/C23H19FO5/c1-2-12-29-17-5-3-4-14(13-17)6-11-18-20(25)22(27)19(23(28)21(18)26)15-7-9-16(24)10-8-15/h3-11,13,18-19H,2,12H2,1H3. The van der Waals surface area contributed by atoms with Crippen LogP contribution < -0.4 is 4.74 Å². The van der Waals surface area contributed by atoms with Crippen LogP contribution in [0.3, 0.4) is 0 Å². The molecule has 0 aromatic heterocycles. The third-order valence-electron chi connectivity index (χ3n) is 4.59. The highest BCUT2D eigenvalue weighted by atomic mass is 19.1. The largest absolute Gasteiger partial charge is 0.494 e. The summed E-state index contributed by atoms with van der Waals surface area (Å²) in [4.78, 5) is 50.0. The fourth-order valence-corrected chi connectivity index (χ4v) is 3.10. The molecular weight excluding hydrogens is 375 g/mol. The van der Waals surface area contributed by atoms with Gasteiger partial charge >= 0.3 is 0 Å². The highest BCUT2D eigenvalue weighted by Gasteiger charge is 2.48. The normalized spacial score (nSPS) is 19.8. The van der Waals surface area contributed by atoms with Gasteiger partial charge in [0.25, 0.3) is 0 Å². The molecule has 0 aliphatic heterocycles. The Kier molecular flexibility index (Phi) is 6.12. The first kappa shape index (κ1) is 20.3. The average molecular weight is 394 g/mol. The van der Waals surface area contributed by atoms with E-state index in [1.807, 2.05) is 6.92 Å². The van der Waals surface area contributed by atoms with Crippen molar-refractivity contribution in [3.63, 3.8) is 0 Å². The first-order valence-electron chi connectivity index (χ1n) is 9.25. The van der Waals surface area contributed by atoms with Crippen LogP contribution in [0.1, 0.15) is 30.4 Å². The number of Topliss-reactive ketones (excluding diaryl/α,β-unsaturated/α-hetero) is 4. The Bertz CT molecular complexity index is 963. The quantitative estimate of drug-likeness (QED) is 0.555. The van der Waals surface area contributed by atoms with E-state index in [-0.39, 0.29) is 5.56 Å². The first-order chi connectivity index (χ1) is 13.9. The lowest BCUT2D eigenvalue weighted by molar-refractivity contribution is -0.151. The van der Waals surface area contributed by atoms with Gasteiger partial charge in [0.05, 0.1) is 6.61 Å². The summed E-state index contributed by atoms with van der Waals surface area (Å²) in [6.07, 6.45) is 3.63. The molecule has 0 atom stereocenters. The molecule has 0 radical (unpaired) electrons. The van der Waals surface area contributed by atoms with Gasteiger partial charge in [0.15, 0.2) is 0 Å². The fourth-order valence-electron chi connectivity index (χ4n) is 3.10. The van der Waals surface area contributed by atoms with Crippen molar-refractivity contribution in [3.8, 4) is 5.75 Å². The van der Waals surface area contributed by atoms with Crippen LogP contribution in [0.25, 0.3) is 6.08 Å². The molecule has 0 saturated heterocycles. The predicted octanol–water partition coefficient (Wildman–Crippen LogP) is 3.32. The van der Waals surface area contributed by atoms with Crippen molar-refractivity contribution in [1.29, 1.82) is 0 Å². The Morgan fingerprint density at radius 2 is 1.59 bits per heavy atom. The highest BCUT2D eigenvalue weighted by Crippen LogP contribution is 2.28. The molecule has 0 N–H and O–H groups in total. The van der Waals surface area contributed by atoms with Crippen molar-refractivity contribution < 1.29 is 28.3 Å². The molecule has 1 aliphatic carbocycles. The molecule has 3 rings (SSSR count). The van der Waals surface area contributed by atoms with Gasteiger partial charge in [0.1, 0.15) is 23.4 Å². The van der Waals surface area contributed by atoms with Crippen LogP contribution in [0.5, 0.6) is 5.75 Å². The summed E-state index contributed by atoms with van der Waals surface area (Å²) in [5, 5.41) is 0. The lowest BCUT2D eigenvalue weighted by Crippen LogP contribution is -2.46. The molecule has 2 aromatic rings. The van der Waals surface area contributed by atoms with Crippen LogP contribution in [0.15, 0.2) is 54.6 Å². The van der Waals surface area contributed by atoms with Crippen LogP contribution in [0.2, 0.25) is 0 Å². The molecule has 1 fully saturated rings. The molecule has 0 bridgehead atoms. The zero-order valence-electron chi connectivity index (χ0n) is 15.8. The molecule has 2 aromatic carbocycles. The topological polar surface area (TPSA) is 77.5 Å². The van der Waals surface area contributed by atoms with Gasteiger partial charge in [-0.3, -0.25) is 19.2 Å². The lowest BCUT2D eigenvalue weighted by atomic mass is 9.75. The number of halogens is 1. The monoisotopic (exact) mass is 394 g/mol. The fraction of sp³-hybridized carbons (Fsp3) is 0.217. The molecule has 0 heterocycles. The van der Waals surface area contributed by atoms with Crippen molar-refractivity contribution >= 4 is 29.2 Å². The van der Waals surface area contributed by atoms with Gasteiger partial charge in [-0.05, 0) is 41.8 Å². The number of carbonyl (C=O) groups is 4. The van der Waals surface area contributed by atoms with E-state index in [1.165, 1.54) is 24.3 Å². The minimum absolute atomic E-state index is 0.131. The maximum absolute atomic E-state index is 13.1. The molecule has 148 valence electrons. The third kappa shape index (κ3) is 4.37. The van der Waals surface area contributed by atoms with Crippen LogP contribution >= 0.6 is 0 Å². The van der Waals surface area contributed by atoms with Crippen molar-refractivity contribution in [1.82, 2.24) is 0 Å². The zero-order chi connectivity index (χ0) is 21.0. The molecular formula is C23H19FO5. The Labute approximate surface area is 167 Å². The SMILES string of the molecule is CCCOc1cccc(C=CC2C(=O)C(=O)C(c3ccc(F)cc3)C(=O)C2=O)c1. The average Bonchev–Trinajstić information content (AvgIpc) is 2.72. The van der Waals surface area contributed by atoms with E-state index in [0.717, 1.165) is 18.6 Å². The van der Waals surface area contributed by atoms with E-state index in [2.05, 4.69) is 0 Å². The van der Waals surface area contributed by atoms with E-state index in [1.54, 1.807) is 24.3 Å². The van der Waals surface area contributed by atoms with Gasteiger partial charge in [-0.1, -0.05) is 43.3 Å². The smallest absolute Gasteiger partial charge is 0.214 e. The summed E-state index contributed by atoms with van der Waals surface area (Å²) in [6, 6.07) is 11.6. The molecule has 1 aliphatic rings. The van der Waals surface area contributed by atoms with Gasteiger partial charge in [-0.25, -0.2) is 4.39 Å². The van der Waals surface area contributed by atoms with Gasteiger partial charge in [-0.15, -0.1) is 0 Å². The summed E-state index contributed by atoms with van der Waals surface area (Å²) in [5.41, 5.74) is 0.797. The molecule has 6 heteroatoms. The number of carbonyl (C=O) groups excluding carboxylic acids is 4. The van der Waals surface area contributed by atoms with E-state index in [4.69, 9.17) is 4.74 Å². The number of allylic oxidation sites excluding steroid dienone is 1. The second-order valence-corrected chi connectivity index (χ2v) is 6.70. The number of ether oxygens (including phenoxy) is 1. The number of hydrogen-bond acceptors (Lipinski definition) is 5. The summed E-state index contributed by atoms with van der Waals surface area (Å²) < 4.78 is 18.6. The predicted molar refractivity (Wildman–Crippen MR) is 104 cm³/mol. The van der Waals surface area contributed by atoms with Crippen LogP contribution in [-0.2, 0) is 19.2 Å². The van der Waals surface area contributed by atoms with Crippen molar-refractivity contribution in [3.05, 3.63) is 71.6 Å². The second kappa shape index (κ2) is 8.73. The van der Waals surface area contributed by atoms with Gasteiger partial charge in [0, 0.05) is 0 Å². The van der Waals surface area contributed by atoms with E-state index < -0.39 is 40.8 Å². The lowest BCUT2D eigenvalue weighted by Gasteiger charge is -2.22. The molecule has 1 saturated carbocycles. The number of benzene rings is 2. The van der Waals surface area contributed by atoms with Crippen molar-refractivity contribution in [2.24, 2.45) is 5.92 Å². The first-order valence-corrected chi connectivity index (χ1v) is 9.25. The highest BCUT2D eigenvalue weighted by molar-refractivity contribution is 6.62. The Hall–Kier alpha value is -3.41.